The highest BCUT2D eigenvalue weighted by atomic mass is 35.5. The summed E-state index contributed by atoms with van der Waals surface area (Å²) in [6.07, 6.45) is 4.20. The molecule has 1 heterocycles. The third kappa shape index (κ3) is 2.07. The molecule has 0 aromatic rings. The van der Waals surface area contributed by atoms with E-state index >= 15 is 0 Å². The summed E-state index contributed by atoms with van der Waals surface area (Å²) in [5, 5.41) is 0. The van der Waals surface area contributed by atoms with Gasteiger partial charge in [-0.2, -0.15) is 0 Å². The Morgan fingerprint density at radius 2 is 2.44 bits per heavy atom. The second-order valence-corrected chi connectivity index (χ2v) is 5.48. The highest BCUT2D eigenvalue weighted by Gasteiger charge is 2.50. The molecular weight excluding hydrogens is 226 g/mol. The van der Waals surface area contributed by atoms with Crippen LogP contribution >= 0.6 is 11.6 Å². The molecule has 4 heteroatoms. The van der Waals surface area contributed by atoms with Gasteiger partial charge in [0.05, 0.1) is 6.61 Å². The van der Waals surface area contributed by atoms with E-state index in [4.69, 9.17) is 16.3 Å². The van der Waals surface area contributed by atoms with Crippen LogP contribution in [0.3, 0.4) is 0 Å². The minimum Gasteiger partial charge on any atom is -0.384 e. The first kappa shape index (κ1) is 12.2. The first-order valence-electron chi connectivity index (χ1n) is 6.04. The number of carbonyl (C=O) groups is 1. The van der Waals surface area contributed by atoms with Crippen molar-refractivity contribution in [1.82, 2.24) is 4.90 Å². The first-order valence-corrected chi connectivity index (χ1v) is 6.58. The van der Waals surface area contributed by atoms with Crippen LogP contribution in [0.25, 0.3) is 0 Å². The molecule has 1 saturated carbocycles. The summed E-state index contributed by atoms with van der Waals surface area (Å²) in [5.74, 6) is 1.28. The molecule has 0 radical (unpaired) electrons. The topological polar surface area (TPSA) is 29.5 Å². The molecule has 3 nitrogen and oxygen atoms in total. The minimum absolute atomic E-state index is 0.208. The molecule has 0 bridgehead atoms. The lowest BCUT2D eigenvalue weighted by Gasteiger charge is -2.27. The van der Waals surface area contributed by atoms with Crippen LogP contribution in [0.4, 0.5) is 0 Å². The molecular formula is C12H20ClNO2. The van der Waals surface area contributed by atoms with Gasteiger partial charge in [-0.05, 0) is 18.8 Å². The van der Waals surface area contributed by atoms with E-state index in [1.54, 1.807) is 7.11 Å². The largest absolute Gasteiger partial charge is 0.384 e. The number of amides is 1. The fourth-order valence-electron chi connectivity index (χ4n) is 3.37. The molecule has 1 saturated heterocycles. The van der Waals surface area contributed by atoms with Gasteiger partial charge in [0.2, 0.25) is 5.91 Å². The molecule has 2 rings (SSSR count). The van der Waals surface area contributed by atoms with Crippen molar-refractivity contribution in [1.29, 1.82) is 0 Å². The van der Waals surface area contributed by atoms with E-state index in [2.05, 4.69) is 0 Å². The zero-order valence-corrected chi connectivity index (χ0v) is 10.6. The van der Waals surface area contributed by atoms with E-state index in [1.807, 2.05) is 4.90 Å². The minimum atomic E-state index is 0.208. The Bertz CT molecular complexity index is 272. The van der Waals surface area contributed by atoms with Gasteiger partial charge in [0.15, 0.2) is 0 Å². The van der Waals surface area contributed by atoms with Crippen molar-refractivity contribution in [3.05, 3.63) is 0 Å². The van der Waals surface area contributed by atoms with E-state index in [1.165, 1.54) is 19.3 Å². The number of likely N-dealkylation sites (tertiary alicyclic amines) is 1. The fourth-order valence-corrected chi connectivity index (χ4v) is 3.53. The Kier molecular flexibility index (Phi) is 3.75. The molecule has 1 amide bonds. The van der Waals surface area contributed by atoms with Crippen LogP contribution in [0.2, 0.25) is 0 Å². The van der Waals surface area contributed by atoms with Crippen LogP contribution in [-0.4, -0.2) is 43.5 Å². The fraction of sp³-hybridized carbons (Fsp3) is 0.917. The highest BCUT2D eigenvalue weighted by Crippen LogP contribution is 2.48. The standard InChI is InChI=1S/C12H20ClNO2/c1-16-9-12-5-2-3-10(12)7-14(8-12)11(15)4-6-13/h10H,2-9H2,1H3. The predicted molar refractivity (Wildman–Crippen MR) is 63.6 cm³/mol. The lowest BCUT2D eigenvalue weighted by atomic mass is 9.82. The summed E-state index contributed by atoms with van der Waals surface area (Å²) in [7, 11) is 1.76. The molecule has 16 heavy (non-hydrogen) atoms. The Hall–Kier alpha value is -0.280. The Morgan fingerprint density at radius 1 is 1.62 bits per heavy atom. The van der Waals surface area contributed by atoms with Crippen LogP contribution in [0.1, 0.15) is 25.7 Å². The molecule has 1 aliphatic carbocycles. The van der Waals surface area contributed by atoms with Gasteiger partial charge < -0.3 is 9.64 Å². The summed E-state index contributed by atoms with van der Waals surface area (Å²) >= 11 is 5.62. The van der Waals surface area contributed by atoms with Gasteiger partial charge in [0.1, 0.15) is 0 Å². The van der Waals surface area contributed by atoms with E-state index < -0.39 is 0 Å². The van der Waals surface area contributed by atoms with Crippen LogP contribution in [0, 0.1) is 11.3 Å². The number of hydrogen-bond donors (Lipinski definition) is 0. The Labute approximate surface area is 102 Å². The average Bonchev–Trinajstić information content (AvgIpc) is 2.74. The third-order valence-electron chi connectivity index (χ3n) is 4.13. The molecule has 0 aromatic carbocycles. The summed E-state index contributed by atoms with van der Waals surface area (Å²) in [5.41, 5.74) is 0.247. The summed E-state index contributed by atoms with van der Waals surface area (Å²) < 4.78 is 5.35. The number of rotatable bonds is 4. The van der Waals surface area contributed by atoms with Crippen LogP contribution in [0.15, 0.2) is 0 Å². The number of nitrogens with zero attached hydrogens (tertiary/aromatic N) is 1. The van der Waals surface area contributed by atoms with Gasteiger partial charge in [-0.15, -0.1) is 11.6 Å². The number of fused-ring (bicyclic) bond motifs is 1. The maximum atomic E-state index is 11.8. The first-order chi connectivity index (χ1) is 7.72. The molecule has 2 aliphatic rings. The van der Waals surface area contributed by atoms with Crippen molar-refractivity contribution in [3.63, 3.8) is 0 Å². The SMILES string of the molecule is COCC12CCCC1CN(C(=O)CCCl)C2. The molecule has 2 fully saturated rings. The molecule has 1 aliphatic heterocycles. The average molecular weight is 246 g/mol. The molecule has 0 N–H and O–H groups in total. The van der Waals surface area contributed by atoms with E-state index in [0.29, 0.717) is 18.2 Å². The lowest BCUT2D eigenvalue weighted by Crippen LogP contribution is -2.34. The van der Waals surface area contributed by atoms with Gasteiger partial charge in [0, 0.05) is 37.9 Å². The second-order valence-electron chi connectivity index (χ2n) is 5.10. The number of hydrogen-bond acceptors (Lipinski definition) is 2. The maximum Gasteiger partial charge on any atom is 0.223 e. The van der Waals surface area contributed by atoms with Crippen molar-refractivity contribution in [2.24, 2.45) is 11.3 Å². The summed E-state index contributed by atoms with van der Waals surface area (Å²) in [6, 6.07) is 0. The number of methoxy groups -OCH3 is 1. The number of halogens is 1. The lowest BCUT2D eigenvalue weighted by molar-refractivity contribution is -0.130. The summed E-state index contributed by atoms with van der Waals surface area (Å²) in [6.45, 7) is 2.59. The van der Waals surface area contributed by atoms with Gasteiger partial charge in [0.25, 0.3) is 0 Å². The van der Waals surface area contributed by atoms with Crippen molar-refractivity contribution < 1.29 is 9.53 Å². The molecule has 2 unspecified atom stereocenters. The van der Waals surface area contributed by atoms with Gasteiger partial charge in [-0.25, -0.2) is 0 Å². The zero-order chi connectivity index (χ0) is 11.6. The van der Waals surface area contributed by atoms with Gasteiger partial charge in [-0.3, -0.25) is 4.79 Å². The van der Waals surface area contributed by atoms with E-state index in [-0.39, 0.29) is 11.3 Å². The van der Waals surface area contributed by atoms with Crippen LogP contribution in [-0.2, 0) is 9.53 Å². The van der Waals surface area contributed by atoms with Crippen LogP contribution < -0.4 is 0 Å². The van der Waals surface area contributed by atoms with Crippen LogP contribution in [0.5, 0.6) is 0 Å². The number of ether oxygens (including phenoxy) is 1. The normalized spacial score (nSPS) is 33.1. The van der Waals surface area contributed by atoms with Gasteiger partial charge >= 0.3 is 0 Å². The molecule has 0 spiro atoms. The van der Waals surface area contributed by atoms with E-state index in [0.717, 1.165) is 19.7 Å². The zero-order valence-electron chi connectivity index (χ0n) is 9.88. The van der Waals surface area contributed by atoms with Crippen molar-refractivity contribution in [2.45, 2.75) is 25.7 Å². The van der Waals surface area contributed by atoms with Crippen molar-refractivity contribution in [3.8, 4) is 0 Å². The molecule has 0 aromatic heterocycles. The Morgan fingerprint density at radius 3 is 3.12 bits per heavy atom. The predicted octanol–water partition coefficient (Wildman–Crippen LogP) is 1.89. The van der Waals surface area contributed by atoms with Crippen molar-refractivity contribution in [2.75, 3.05) is 32.7 Å². The maximum absolute atomic E-state index is 11.8. The van der Waals surface area contributed by atoms with Crippen molar-refractivity contribution >= 4 is 17.5 Å². The monoisotopic (exact) mass is 245 g/mol. The third-order valence-corrected chi connectivity index (χ3v) is 4.32. The smallest absolute Gasteiger partial charge is 0.223 e. The quantitative estimate of drug-likeness (QED) is 0.708. The number of alkyl halides is 1. The molecule has 92 valence electrons. The highest BCUT2D eigenvalue weighted by molar-refractivity contribution is 6.18. The summed E-state index contributed by atoms with van der Waals surface area (Å²) in [4.78, 5) is 13.8. The van der Waals surface area contributed by atoms with E-state index in [9.17, 15) is 4.79 Å². The van der Waals surface area contributed by atoms with Gasteiger partial charge in [-0.1, -0.05) is 6.42 Å². The number of carbonyl (C=O) groups excluding carboxylic acids is 1. The Balaban J connectivity index is 2.01. The second kappa shape index (κ2) is 4.92. The molecule has 2 atom stereocenters.